The van der Waals surface area contributed by atoms with Gasteiger partial charge >= 0.3 is 0 Å². The monoisotopic (exact) mass is 282 g/mol. The number of benzene rings is 1. The highest BCUT2D eigenvalue weighted by atomic mass is 19.2. The number of nitrogens with zero attached hydrogens (tertiary/aromatic N) is 1. The first-order valence-electron chi connectivity index (χ1n) is 5.53. The summed E-state index contributed by atoms with van der Waals surface area (Å²) in [5.41, 5.74) is -0.0982. The van der Waals surface area contributed by atoms with Crippen molar-refractivity contribution in [2.75, 3.05) is 5.32 Å². The number of hydrogen-bond acceptors (Lipinski definition) is 3. The molecule has 0 atom stereocenters. The lowest BCUT2D eigenvalue weighted by Crippen LogP contribution is -2.16. The zero-order chi connectivity index (χ0) is 14.7. The van der Waals surface area contributed by atoms with E-state index in [0.29, 0.717) is 11.6 Å². The van der Waals surface area contributed by atoms with Gasteiger partial charge in [0.05, 0.1) is 12.2 Å². The fourth-order valence-corrected chi connectivity index (χ4v) is 1.48. The Balaban J connectivity index is 2.21. The van der Waals surface area contributed by atoms with Crippen LogP contribution in [-0.2, 0) is 6.61 Å². The van der Waals surface area contributed by atoms with E-state index in [2.05, 4.69) is 10.3 Å². The second kappa shape index (κ2) is 5.70. The highest BCUT2D eigenvalue weighted by Crippen LogP contribution is 2.16. The molecule has 0 radical (unpaired) electrons. The lowest BCUT2D eigenvalue weighted by Gasteiger charge is -2.06. The molecule has 0 spiro atoms. The summed E-state index contributed by atoms with van der Waals surface area (Å²) in [6, 6.07) is 4.40. The standard InChI is InChI=1S/C13H9F3N2O2/c14-9-3-2-8(11(15)12(9)16)13(20)18-10-4-1-7(6-19)5-17-10/h1-5,19H,6H2,(H,17,18,20). The van der Waals surface area contributed by atoms with Gasteiger partial charge in [0.15, 0.2) is 17.5 Å². The lowest BCUT2D eigenvalue weighted by molar-refractivity contribution is 0.102. The molecule has 2 aromatic rings. The Hall–Kier alpha value is -2.41. The fraction of sp³-hybridized carbons (Fsp3) is 0.0769. The predicted molar refractivity (Wildman–Crippen MR) is 64.4 cm³/mol. The molecule has 0 aliphatic carbocycles. The highest BCUT2D eigenvalue weighted by molar-refractivity contribution is 6.03. The molecule has 104 valence electrons. The van der Waals surface area contributed by atoms with Gasteiger partial charge in [0, 0.05) is 6.20 Å². The summed E-state index contributed by atoms with van der Waals surface area (Å²) in [4.78, 5) is 15.5. The zero-order valence-electron chi connectivity index (χ0n) is 10.0. The van der Waals surface area contributed by atoms with E-state index < -0.39 is 28.9 Å². The number of halogens is 3. The van der Waals surface area contributed by atoms with E-state index in [1.54, 1.807) is 0 Å². The van der Waals surface area contributed by atoms with E-state index in [9.17, 15) is 18.0 Å². The van der Waals surface area contributed by atoms with Gasteiger partial charge in [-0.1, -0.05) is 6.07 Å². The number of anilines is 1. The largest absolute Gasteiger partial charge is 0.392 e. The minimum absolute atomic E-state index is 0.0938. The van der Waals surface area contributed by atoms with Gasteiger partial charge in [0.2, 0.25) is 0 Å². The second-order valence-corrected chi connectivity index (χ2v) is 3.89. The Morgan fingerprint density at radius 1 is 1.15 bits per heavy atom. The number of carbonyl (C=O) groups is 1. The highest BCUT2D eigenvalue weighted by Gasteiger charge is 2.19. The quantitative estimate of drug-likeness (QED) is 0.849. The number of aliphatic hydroxyl groups is 1. The molecule has 2 rings (SSSR count). The van der Waals surface area contributed by atoms with E-state index in [0.717, 1.165) is 6.07 Å². The first-order chi connectivity index (χ1) is 9.52. The number of hydrogen-bond donors (Lipinski definition) is 2. The van der Waals surface area contributed by atoms with Crippen LogP contribution in [0.3, 0.4) is 0 Å². The SMILES string of the molecule is O=C(Nc1ccc(CO)cn1)c1ccc(F)c(F)c1F. The van der Waals surface area contributed by atoms with Gasteiger partial charge in [-0.05, 0) is 23.8 Å². The molecule has 4 nitrogen and oxygen atoms in total. The molecule has 0 unspecified atom stereocenters. The Bertz CT molecular complexity index is 645. The van der Waals surface area contributed by atoms with Crippen LogP contribution in [0.25, 0.3) is 0 Å². The molecule has 1 amide bonds. The van der Waals surface area contributed by atoms with Crippen LogP contribution >= 0.6 is 0 Å². The molecule has 0 fully saturated rings. The van der Waals surface area contributed by atoms with Gasteiger partial charge in [-0.25, -0.2) is 18.2 Å². The third-order valence-corrected chi connectivity index (χ3v) is 2.53. The summed E-state index contributed by atoms with van der Waals surface area (Å²) in [6.07, 6.45) is 1.32. The Kier molecular flexibility index (Phi) is 3.99. The van der Waals surface area contributed by atoms with E-state index in [1.807, 2.05) is 0 Å². The van der Waals surface area contributed by atoms with Crippen molar-refractivity contribution in [3.05, 3.63) is 59.0 Å². The van der Waals surface area contributed by atoms with E-state index in [4.69, 9.17) is 5.11 Å². The maximum absolute atomic E-state index is 13.4. The third-order valence-electron chi connectivity index (χ3n) is 2.53. The molecular weight excluding hydrogens is 273 g/mol. The van der Waals surface area contributed by atoms with Gasteiger partial charge in [0.1, 0.15) is 5.82 Å². The summed E-state index contributed by atoms with van der Waals surface area (Å²) in [7, 11) is 0. The van der Waals surface area contributed by atoms with E-state index >= 15 is 0 Å². The van der Waals surface area contributed by atoms with Gasteiger partial charge in [0.25, 0.3) is 5.91 Å². The maximum atomic E-state index is 13.4. The molecule has 0 saturated carbocycles. The van der Waals surface area contributed by atoms with Crippen molar-refractivity contribution in [2.45, 2.75) is 6.61 Å². The number of nitrogens with one attached hydrogen (secondary N) is 1. The molecular formula is C13H9F3N2O2. The number of amides is 1. The summed E-state index contributed by atoms with van der Waals surface area (Å²) in [5.74, 6) is -5.50. The van der Waals surface area contributed by atoms with Crippen LogP contribution in [-0.4, -0.2) is 16.0 Å². The summed E-state index contributed by atoms with van der Waals surface area (Å²) < 4.78 is 39.2. The topological polar surface area (TPSA) is 62.2 Å². The molecule has 7 heteroatoms. The van der Waals surface area contributed by atoms with E-state index in [1.165, 1.54) is 18.3 Å². The molecule has 1 heterocycles. The predicted octanol–water partition coefficient (Wildman–Crippen LogP) is 2.24. The number of rotatable bonds is 3. The molecule has 1 aromatic heterocycles. The average molecular weight is 282 g/mol. The van der Waals surface area contributed by atoms with Crippen molar-refractivity contribution < 1.29 is 23.1 Å². The smallest absolute Gasteiger partial charge is 0.259 e. The van der Waals surface area contributed by atoms with Crippen LogP contribution in [0.15, 0.2) is 30.5 Å². The Morgan fingerprint density at radius 3 is 2.50 bits per heavy atom. The first kappa shape index (κ1) is 14.0. The number of pyridine rings is 1. The van der Waals surface area contributed by atoms with Crippen molar-refractivity contribution in [3.8, 4) is 0 Å². The van der Waals surface area contributed by atoms with Crippen LogP contribution in [0.2, 0.25) is 0 Å². The fourth-order valence-electron chi connectivity index (χ4n) is 1.48. The van der Waals surface area contributed by atoms with Crippen molar-refractivity contribution in [3.63, 3.8) is 0 Å². The van der Waals surface area contributed by atoms with Crippen LogP contribution in [0.1, 0.15) is 15.9 Å². The summed E-state index contributed by atoms with van der Waals surface area (Å²) in [5, 5.41) is 11.1. The van der Waals surface area contributed by atoms with Crippen molar-refractivity contribution in [1.29, 1.82) is 0 Å². The van der Waals surface area contributed by atoms with Gasteiger partial charge in [-0.3, -0.25) is 4.79 Å². The molecule has 20 heavy (non-hydrogen) atoms. The summed E-state index contributed by atoms with van der Waals surface area (Å²) in [6.45, 7) is -0.209. The van der Waals surface area contributed by atoms with Gasteiger partial charge in [-0.15, -0.1) is 0 Å². The summed E-state index contributed by atoms with van der Waals surface area (Å²) >= 11 is 0. The van der Waals surface area contributed by atoms with Gasteiger partial charge in [-0.2, -0.15) is 0 Å². The minimum Gasteiger partial charge on any atom is -0.392 e. The third kappa shape index (κ3) is 2.77. The van der Waals surface area contributed by atoms with Crippen molar-refractivity contribution in [2.24, 2.45) is 0 Å². The maximum Gasteiger partial charge on any atom is 0.259 e. The van der Waals surface area contributed by atoms with Crippen molar-refractivity contribution in [1.82, 2.24) is 4.98 Å². The number of aliphatic hydroxyl groups excluding tert-OH is 1. The Morgan fingerprint density at radius 2 is 1.90 bits per heavy atom. The Labute approximate surface area is 111 Å². The number of aromatic nitrogens is 1. The minimum atomic E-state index is -1.71. The molecule has 0 bridgehead atoms. The van der Waals surface area contributed by atoms with Gasteiger partial charge < -0.3 is 10.4 Å². The average Bonchev–Trinajstić information content (AvgIpc) is 2.45. The molecule has 0 aliphatic heterocycles. The molecule has 0 aliphatic rings. The molecule has 1 aromatic carbocycles. The lowest BCUT2D eigenvalue weighted by atomic mass is 10.2. The molecule has 2 N–H and O–H groups in total. The van der Waals surface area contributed by atoms with Crippen molar-refractivity contribution >= 4 is 11.7 Å². The zero-order valence-corrected chi connectivity index (χ0v) is 10.0. The second-order valence-electron chi connectivity index (χ2n) is 3.89. The number of carbonyl (C=O) groups excluding carboxylic acids is 1. The first-order valence-corrected chi connectivity index (χ1v) is 5.53. The van der Waals surface area contributed by atoms with Crippen LogP contribution in [0.5, 0.6) is 0 Å². The normalized spacial score (nSPS) is 10.4. The van der Waals surface area contributed by atoms with Crippen LogP contribution in [0, 0.1) is 17.5 Å². The molecule has 0 saturated heterocycles. The van der Waals surface area contributed by atoms with Crippen LogP contribution < -0.4 is 5.32 Å². The van der Waals surface area contributed by atoms with Crippen LogP contribution in [0.4, 0.5) is 19.0 Å². The van der Waals surface area contributed by atoms with E-state index in [-0.39, 0.29) is 12.4 Å².